The second-order valence-corrected chi connectivity index (χ2v) is 9.44. The summed E-state index contributed by atoms with van der Waals surface area (Å²) in [4.78, 5) is 28.2. The lowest BCUT2D eigenvalue weighted by Gasteiger charge is -2.35. The smallest absolute Gasteiger partial charge is 0.295 e. The lowest BCUT2D eigenvalue weighted by molar-refractivity contribution is -0.141. The van der Waals surface area contributed by atoms with Crippen LogP contribution in [0.25, 0.3) is 5.76 Å². The largest absolute Gasteiger partial charge is 0.507 e. The van der Waals surface area contributed by atoms with Gasteiger partial charge in [-0.2, -0.15) is 0 Å². The van der Waals surface area contributed by atoms with Crippen molar-refractivity contribution in [2.75, 3.05) is 6.61 Å². The van der Waals surface area contributed by atoms with Crippen LogP contribution in [0.4, 0.5) is 0 Å². The molecular weight excluding hydrogens is 454 g/mol. The highest BCUT2D eigenvalue weighted by atomic mass is 35.5. The molecule has 6 nitrogen and oxygen atoms in total. The summed E-state index contributed by atoms with van der Waals surface area (Å²) in [5.74, 6) is -0.916. The van der Waals surface area contributed by atoms with Gasteiger partial charge in [-0.1, -0.05) is 43.9 Å². The first-order valence-corrected chi connectivity index (χ1v) is 12.2. The Morgan fingerprint density at radius 2 is 1.85 bits per heavy atom. The molecule has 2 aromatic carbocycles. The van der Waals surface area contributed by atoms with E-state index >= 15 is 0 Å². The summed E-state index contributed by atoms with van der Waals surface area (Å²) in [5, 5.41) is 21.4. The molecule has 1 heterocycles. The maximum atomic E-state index is 13.3. The summed E-state index contributed by atoms with van der Waals surface area (Å²) in [6.45, 7) is 4.48. The standard InChI is InChI=1S/C27H30ClNO5/c1-3-13-34-22-12-10-18(14-16(22)2)25(31)23-24(17-9-11-21(30)20(28)15-17)29(27(33)26(23)32)19-7-5-4-6-8-19/h9-12,14-15,19,24,30-31H,3-8,13H2,1-2H3/b25-23-. The molecule has 1 saturated carbocycles. The maximum absolute atomic E-state index is 13.3. The Kier molecular flexibility index (Phi) is 7.17. The van der Waals surface area contributed by atoms with Crippen LogP contribution in [0.5, 0.6) is 11.5 Å². The van der Waals surface area contributed by atoms with Gasteiger partial charge in [0, 0.05) is 11.6 Å². The van der Waals surface area contributed by atoms with Crippen molar-refractivity contribution >= 4 is 29.1 Å². The molecule has 34 heavy (non-hydrogen) atoms. The average Bonchev–Trinajstić information content (AvgIpc) is 3.10. The zero-order valence-corrected chi connectivity index (χ0v) is 20.3. The van der Waals surface area contributed by atoms with Gasteiger partial charge in [-0.25, -0.2) is 0 Å². The fourth-order valence-corrected chi connectivity index (χ4v) is 5.12. The molecule has 1 atom stereocenters. The molecule has 2 fully saturated rings. The SMILES string of the molecule is CCCOc1ccc(/C(O)=C2/C(=O)C(=O)N(C3CCCCC3)C2c2ccc(O)c(Cl)c2)cc1C. The number of phenolic OH excluding ortho intramolecular Hbond substituents is 1. The summed E-state index contributed by atoms with van der Waals surface area (Å²) in [5.41, 5.74) is 1.88. The van der Waals surface area contributed by atoms with E-state index in [2.05, 4.69) is 0 Å². The van der Waals surface area contributed by atoms with Gasteiger partial charge in [0.05, 0.1) is 23.2 Å². The first-order valence-electron chi connectivity index (χ1n) is 11.9. The predicted molar refractivity (Wildman–Crippen MR) is 131 cm³/mol. The second-order valence-electron chi connectivity index (χ2n) is 9.04. The first kappa shape index (κ1) is 24.1. The average molecular weight is 484 g/mol. The van der Waals surface area contributed by atoms with Crippen molar-refractivity contribution < 1.29 is 24.5 Å². The third kappa shape index (κ3) is 4.51. The number of ether oxygens (including phenoxy) is 1. The van der Waals surface area contributed by atoms with E-state index in [9.17, 15) is 19.8 Å². The van der Waals surface area contributed by atoms with E-state index in [-0.39, 0.29) is 28.1 Å². The van der Waals surface area contributed by atoms with Crippen LogP contribution in [0.1, 0.15) is 68.2 Å². The van der Waals surface area contributed by atoms with Crippen LogP contribution in [0.15, 0.2) is 42.0 Å². The number of aromatic hydroxyl groups is 1. The van der Waals surface area contributed by atoms with Crippen molar-refractivity contribution in [3.63, 3.8) is 0 Å². The van der Waals surface area contributed by atoms with Crippen LogP contribution in [-0.4, -0.2) is 39.5 Å². The number of rotatable bonds is 6. The minimum Gasteiger partial charge on any atom is -0.507 e. The van der Waals surface area contributed by atoms with Crippen LogP contribution < -0.4 is 4.74 Å². The van der Waals surface area contributed by atoms with Gasteiger partial charge in [-0.3, -0.25) is 9.59 Å². The molecule has 7 heteroatoms. The molecule has 0 bridgehead atoms. The molecule has 0 spiro atoms. The van der Waals surface area contributed by atoms with Crippen LogP contribution >= 0.6 is 11.6 Å². The number of carbonyl (C=O) groups is 2. The van der Waals surface area contributed by atoms with E-state index < -0.39 is 17.7 Å². The highest BCUT2D eigenvalue weighted by molar-refractivity contribution is 6.46. The van der Waals surface area contributed by atoms with Gasteiger partial charge in [0.25, 0.3) is 11.7 Å². The van der Waals surface area contributed by atoms with Crippen LogP contribution in [0.2, 0.25) is 5.02 Å². The van der Waals surface area contributed by atoms with Crippen molar-refractivity contribution in [2.45, 2.75) is 64.5 Å². The number of amides is 1. The number of nitrogens with zero attached hydrogens (tertiary/aromatic N) is 1. The van der Waals surface area contributed by atoms with Crippen molar-refractivity contribution in [3.8, 4) is 11.5 Å². The van der Waals surface area contributed by atoms with Crippen LogP contribution in [-0.2, 0) is 9.59 Å². The van der Waals surface area contributed by atoms with Crippen LogP contribution in [0, 0.1) is 6.92 Å². The topological polar surface area (TPSA) is 87.1 Å². The second kappa shape index (κ2) is 10.1. The zero-order valence-electron chi connectivity index (χ0n) is 19.5. The highest BCUT2D eigenvalue weighted by Crippen LogP contribution is 2.44. The maximum Gasteiger partial charge on any atom is 0.295 e. The summed E-state index contributed by atoms with van der Waals surface area (Å²) < 4.78 is 5.73. The number of halogens is 1. The molecule has 0 radical (unpaired) electrons. The Morgan fingerprint density at radius 1 is 1.12 bits per heavy atom. The van der Waals surface area contributed by atoms with Gasteiger partial charge in [-0.05, 0) is 67.6 Å². The van der Waals surface area contributed by atoms with Gasteiger partial charge in [0.15, 0.2) is 0 Å². The lowest BCUT2D eigenvalue weighted by atomic mass is 9.90. The van der Waals surface area contributed by atoms with Crippen molar-refractivity contribution in [1.82, 2.24) is 4.90 Å². The van der Waals surface area contributed by atoms with E-state index in [1.807, 2.05) is 13.8 Å². The molecule has 2 N–H and O–H groups in total. The quantitative estimate of drug-likeness (QED) is 0.303. The molecule has 1 aliphatic carbocycles. The Bertz CT molecular complexity index is 1140. The summed E-state index contributed by atoms with van der Waals surface area (Å²) >= 11 is 6.19. The fraction of sp³-hybridized carbons (Fsp3) is 0.407. The number of Topliss-reactive ketones (excluding diaryl/α,β-unsaturated/α-hetero) is 1. The van der Waals surface area contributed by atoms with Gasteiger partial charge in [-0.15, -0.1) is 0 Å². The normalized spacial score (nSPS) is 20.7. The van der Waals surface area contributed by atoms with Crippen LogP contribution in [0.3, 0.4) is 0 Å². The number of aryl methyl sites for hydroxylation is 1. The molecule has 2 aliphatic rings. The van der Waals surface area contributed by atoms with Crippen molar-refractivity contribution in [3.05, 3.63) is 63.7 Å². The van der Waals surface area contributed by atoms with E-state index in [0.717, 1.165) is 44.1 Å². The highest BCUT2D eigenvalue weighted by Gasteiger charge is 2.49. The monoisotopic (exact) mass is 483 g/mol. The Labute approximate surface area is 204 Å². The lowest BCUT2D eigenvalue weighted by Crippen LogP contribution is -2.40. The molecule has 2 aromatic rings. The predicted octanol–water partition coefficient (Wildman–Crippen LogP) is 5.90. The van der Waals surface area contributed by atoms with Crippen molar-refractivity contribution in [1.29, 1.82) is 0 Å². The molecule has 0 aromatic heterocycles. The number of likely N-dealkylation sites (tertiary alicyclic amines) is 1. The fourth-order valence-electron chi connectivity index (χ4n) is 4.93. The summed E-state index contributed by atoms with van der Waals surface area (Å²) in [6.07, 6.45) is 5.54. The number of ketones is 1. The van der Waals surface area contributed by atoms with Gasteiger partial charge in [0.1, 0.15) is 17.3 Å². The minimum absolute atomic E-state index is 0.0407. The Hall–Kier alpha value is -2.99. The van der Waals surface area contributed by atoms with E-state index in [1.54, 1.807) is 35.2 Å². The number of aliphatic hydroxyl groups excluding tert-OH is 1. The summed E-state index contributed by atoms with van der Waals surface area (Å²) in [7, 11) is 0. The Balaban J connectivity index is 1.83. The van der Waals surface area contributed by atoms with E-state index in [0.29, 0.717) is 23.5 Å². The van der Waals surface area contributed by atoms with Gasteiger partial charge >= 0.3 is 0 Å². The number of hydrogen-bond donors (Lipinski definition) is 2. The van der Waals surface area contributed by atoms with Crippen molar-refractivity contribution in [2.24, 2.45) is 0 Å². The van der Waals surface area contributed by atoms with Gasteiger partial charge < -0.3 is 19.8 Å². The molecule has 1 unspecified atom stereocenters. The number of hydrogen-bond acceptors (Lipinski definition) is 5. The minimum atomic E-state index is -0.780. The Morgan fingerprint density at radius 3 is 2.50 bits per heavy atom. The molecule has 4 rings (SSSR count). The zero-order chi connectivity index (χ0) is 24.4. The third-order valence-electron chi connectivity index (χ3n) is 6.65. The molecule has 1 saturated heterocycles. The molecule has 1 aliphatic heterocycles. The molecular formula is C27H30ClNO5. The number of aliphatic hydroxyl groups is 1. The first-order chi connectivity index (χ1) is 16.3. The van der Waals surface area contributed by atoms with E-state index in [4.69, 9.17) is 16.3 Å². The number of carbonyl (C=O) groups excluding carboxylic acids is 2. The van der Waals surface area contributed by atoms with Gasteiger partial charge in [0.2, 0.25) is 0 Å². The summed E-state index contributed by atoms with van der Waals surface area (Å²) in [6, 6.07) is 9.00. The van der Waals surface area contributed by atoms with E-state index in [1.165, 1.54) is 6.07 Å². The number of benzene rings is 2. The molecule has 180 valence electrons. The number of phenols is 1. The third-order valence-corrected chi connectivity index (χ3v) is 6.95. The molecule has 1 amide bonds.